The highest BCUT2D eigenvalue weighted by Gasteiger charge is 2.19. The van der Waals surface area contributed by atoms with Crippen LogP contribution >= 0.6 is 0 Å². The molecule has 3 rings (SSSR count). The Labute approximate surface area is 147 Å². The van der Waals surface area contributed by atoms with Crippen LogP contribution in [0.25, 0.3) is 6.08 Å². The summed E-state index contributed by atoms with van der Waals surface area (Å²) < 4.78 is 5.39. The molecule has 25 heavy (non-hydrogen) atoms. The molecular formula is C20H22N2O3. The number of hydrogen-bond acceptors (Lipinski definition) is 3. The van der Waals surface area contributed by atoms with Crippen LogP contribution in [-0.2, 0) is 16.1 Å². The fourth-order valence-electron chi connectivity index (χ4n) is 2.86. The molecule has 0 radical (unpaired) electrons. The third-order valence-corrected chi connectivity index (χ3v) is 4.17. The highest BCUT2D eigenvalue weighted by Crippen LogP contribution is 2.21. The van der Waals surface area contributed by atoms with E-state index in [4.69, 9.17) is 4.42 Å². The van der Waals surface area contributed by atoms with E-state index in [0.717, 1.165) is 36.4 Å². The SMILES string of the molecule is Cc1ccc(/C=C/C(=O)NCc2cccc(N3CCCCC3=O)c2)o1. The summed E-state index contributed by atoms with van der Waals surface area (Å²) in [5.74, 6) is 1.44. The van der Waals surface area contributed by atoms with Gasteiger partial charge < -0.3 is 14.6 Å². The van der Waals surface area contributed by atoms with E-state index in [1.165, 1.54) is 6.08 Å². The van der Waals surface area contributed by atoms with Gasteiger partial charge in [-0.25, -0.2) is 0 Å². The van der Waals surface area contributed by atoms with Crippen molar-refractivity contribution in [2.75, 3.05) is 11.4 Å². The van der Waals surface area contributed by atoms with Crippen LogP contribution in [0.5, 0.6) is 0 Å². The van der Waals surface area contributed by atoms with Crippen LogP contribution < -0.4 is 10.2 Å². The number of rotatable bonds is 5. The van der Waals surface area contributed by atoms with E-state index in [1.54, 1.807) is 6.08 Å². The molecule has 1 aromatic heterocycles. The van der Waals surface area contributed by atoms with Gasteiger partial charge in [-0.05, 0) is 55.7 Å². The second kappa shape index (κ2) is 7.83. The minimum Gasteiger partial charge on any atom is -0.462 e. The number of hydrogen-bond donors (Lipinski definition) is 1. The van der Waals surface area contributed by atoms with Crippen LogP contribution in [0.2, 0.25) is 0 Å². The number of benzene rings is 1. The maximum absolute atomic E-state index is 12.0. The van der Waals surface area contributed by atoms with Gasteiger partial charge in [-0.1, -0.05) is 12.1 Å². The van der Waals surface area contributed by atoms with E-state index in [2.05, 4.69) is 5.32 Å². The highest BCUT2D eigenvalue weighted by molar-refractivity contribution is 5.94. The van der Waals surface area contributed by atoms with Crippen LogP contribution in [0.15, 0.2) is 46.9 Å². The van der Waals surface area contributed by atoms with Crippen LogP contribution in [0, 0.1) is 6.92 Å². The first-order valence-electron chi connectivity index (χ1n) is 8.53. The van der Waals surface area contributed by atoms with Gasteiger partial charge in [0.25, 0.3) is 0 Å². The first kappa shape index (κ1) is 17.0. The van der Waals surface area contributed by atoms with Gasteiger partial charge in [-0.3, -0.25) is 9.59 Å². The maximum atomic E-state index is 12.0. The summed E-state index contributed by atoms with van der Waals surface area (Å²) in [6.45, 7) is 3.04. The molecule has 0 saturated carbocycles. The van der Waals surface area contributed by atoms with Crippen LogP contribution in [0.3, 0.4) is 0 Å². The summed E-state index contributed by atoms with van der Waals surface area (Å²) in [6.07, 6.45) is 5.70. The number of furan rings is 1. The summed E-state index contributed by atoms with van der Waals surface area (Å²) in [4.78, 5) is 25.8. The number of anilines is 1. The van der Waals surface area contributed by atoms with Gasteiger partial charge in [0.1, 0.15) is 11.5 Å². The number of aryl methyl sites for hydroxylation is 1. The molecule has 0 bridgehead atoms. The minimum absolute atomic E-state index is 0.170. The fourth-order valence-corrected chi connectivity index (χ4v) is 2.86. The Bertz CT molecular complexity index is 792. The Morgan fingerprint density at radius 3 is 2.92 bits per heavy atom. The normalized spacial score (nSPS) is 14.9. The van der Waals surface area contributed by atoms with Crippen molar-refractivity contribution in [1.82, 2.24) is 5.32 Å². The van der Waals surface area contributed by atoms with Crippen molar-refractivity contribution >= 4 is 23.6 Å². The van der Waals surface area contributed by atoms with Crippen molar-refractivity contribution in [2.24, 2.45) is 0 Å². The highest BCUT2D eigenvalue weighted by atomic mass is 16.3. The zero-order chi connectivity index (χ0) is 17.6. The Morgan fingerprint density at radius 1 is 1.28 bits per heavy atom. The molecule has 1 N–H and O–H groups in total. The molecule has 1 saturated heterocycles. The zero-order valence-electron chi connectivity index (χ0n) is 14.3. The van der Waals surface area contributed by atoms with Gasteiger partial charge in [0.15, 0.2) is 0 Å². The van der Waals surface area contributed by atoms with Crippen molar-refractivity contribution in [1.29, 1.82) is 0 Å². The van der Waals surface area contributed by atoms with Crippen molar-refractivity contribution in [2.45, 2.75) is 32.7 Å². The monoisotopic (exact) mass is 338 g/mol. The average Bonchev–Trinajstić information content (AvgIpc) is 3.04. The van der Waals surface area contributed by atoms with Crippen LogP contribution in [-0.4, -0.2) is 18.4 Å². The molecule has 0 atom stereocenters. The van der Waals surface area contributed by atoms with E-state index in [0.29, 0.717) is 18.7 Å². The average molecular weight is 338 g/mol. The predicted octanol–water partition coefficient (Wildman–Crippen LogP) is 3.43. The summed E-state index contributed by atoms with van der Waals surface area (Å²) in [7, 11) is 0. The largest absolute Gasteiger partial charge is 0.462 e. The molecule has 0 aliphatic carbocycles. The molecule has 1 aliphatic rings. The number of nitrogens with one attached hydrogen (secondary N) is 1. The van der Waals surface area contributed by atoms with Crippen molar-refractivity contribution < 1.29 is 14.0 Å². The summed E-state index contributed by atoms with van der Waals surface area (Å²) >= 11 is 0. The fraction of sp³-hybridized carbons (Fsp3) is 0.300. The lowest BCUT2D eigenvalue weighted by Crippen LogP contribution is -2.35. The van der Waals surface area contributed by atoms with Gasteiger partial charge in [0.2, 0.25) is 11.8 Å². The van der Waals surface area contributed by atoms with E-state index in [1.807, 2.05) is 48.2 Å². The lowest BCUT2D eigenvalue weighted by Gasteiger charge is -2.27. The first-order valence-corrected chi connectivity index (χ1v) is 8.53. The van der Waals surface area contributed by atoms with E-state index in [9.17, 15) is 9.59 Å². The molecule has 5 nitrogen and oxygen atoms in total. The number of piperidine rings is 1. The third kappa shape index (κ3) is 4.59. The quantitative estimate of drug-likeness (QED) is 0.850. The molecule has 0 spiro atoms. The molecule has 2 heterocycles. The Balaban J connectivity index is 1.57. The summed E-state index contributed by atoms with van der Waals surface area (Å²) in [6, 6.07) is 11.4. The van der Waals surface area contributed by atoms with Gasteiger partial charge in [-0.2, -0.15) is 0 Å². The molecule has 1 fully saturated rings. The molecule has 0 unspecified atom stereocenters. The second-order valence-corrected chi connectivity index (χ2v) is 6.17. The number of carbonyl (C=O) groups is 2. The topological polar surface area (TPSA) is 62.6 Å². The molecule has 130 valence electrons. The van der Waals surface area contributed by atoms with Gasteiger partial charge >= 0.3 is 0 Å². The van der Waals surface area contributed by atoms with Crippen molar-refractivity contribution in [3.05, 3.63) is 59.6 Å². The number of carbonyl (C=O) groups excluding carboxylic acids is 2. The number of nitrogens with zero attached hydrogens (tertiary/aromatic N) is 1. The first-order chi connectivity index (χ1) is 12.1. The van der Waals surface area contributed by atoms with Gasteiger partial charge in [0, 0.05) is 31.3 Å². The molecule has 1 aromatic carbocycles. The maximum Gasteiger partial charge on any atom is 0.244 e. The smallest absolute Gasteiger partial charge is 0.244 e. The summed E-state index contributed by atoms with van der Waals surface area (Å²) in [5.41, 5.74) is 1.87. The Morgan fingerprint density at radius 2 is 2.16 bits per heavy atom. The summed E-state index contributed by atoms with van der Waals surface area (Å²) in [5, 5.41) is 2.85. The van der Waals surface area contributed by atoms with Gasteiger partial charge in [-0.15, -0.1) is 0 Å². The Kier molecular flexibility index (Phi) is 5.33. The minimum atomic E-state index is -0.187. The lowest BCUT2D eigenvalue weighted by molar-refractivity contribution is -0.119. The van der Waals surface area contributed by atoms with Crippen LogP contribution in [0.4, 0.5) is 5.69 Å². The third-order valence-electron chi connectivity index (χ3n) is 4.17. The van der Waals surface area contributed by atoms with E-state index >= 15 is 0 Å². The van der Waals surface area contributed by atoms with Crippen LogP contribution in [0.1, 0.15) is 36.3 Å². The number of amides is 2. The van der Waals surface area contributed by atoms with E-state index < -0.39 is 0 Å². The molecule has 1 aliphatic heterocycles. The van der Waals surface area contributed by atoms with Gasteiger partial charge in [0.05, 0.1) is 0 Å². The zero-order valence-corrected chi connectivity index (χ0v) is 14.3. The second-order valence-electron chi connectivity index (χ2n) is 6.17. The Hall–Kier alpha value is -2.82. The molecular weight excluding hydrogens is 316 g/mol. The van der Waals surface area contributed by atoms with Crippen molar-refractivity contribution in [3.63, 3.8) is 0 Å². The molecule has 5 heteroatoms. The lowest BCUT2D eigenvalue weighted by atomic mass is 10.1. The molecule has 2 amide bonds. The standard InChI is InChI=1S/C20H22N2O3/c1-15-8-9-18(25-15)10-11-19(23)21-14-16-5-4-6-17(13-16)22-12-3-2-7-20(22)24/h4-6,8-11,13H,2-3,7,12,14H2,1H3,(H,21,23)/b11-10+. The van der Waals surface area contributed by atoms with E-state index in [-0.39, 0.29) is 11.8 Å². The van der Waals surface area contributed by atoms with Crippen molar-refractivity contribution in [3.8, 4) is 0 Å². The predicted molar refractivity (Wildman–Crippen MR) is 97.0 cm³/mol. The molecule has 2 aromatic rings.